The summed E-state index contributed by atoms with van der Waals surface area (Å²) in [6, 6.07) is 14.3. The Morgan fingerprint density at radius 3 is 2.67 bits per heavy atom. The van der Waals surface area contributed by atoms with E-state index in [9.17, 15) is 0 Å². The number of nitrogens with zero attached hydrogens (tertiary/aromatic N) is 2. The van der Waals surface area contributed by atoms with E-state index in [2.05, 4.69) is 58.8 Å². The van der Waals surface area contributed by atoms with Crippen molar-refractivity contribution >= 4 is 11.6 Å². The third-order valence-electron chi connectivity index (χ3n) is 3.71. The molecule has 0 saturated carbocycles. The van der Waals surface area contributed by atoms with Gasteiger partial charge in [0, 0.05) is 45.3 Å². The lowest BCUT2D eigenvalue weighted by molar-refractivity contribution is 0.507. The number of para-hydroxylation sites is 1. The number of aliphatic imine (C=N–C) groups is 1. The molecule has 0 fully saturated rings. The van der Waals surface area contributed by atoms with Gasteiger partial charge in [0.15, 0.2) is 5.96 Å². The zero-order chi connectivity index (χ0) is 17.0. The molecule has 5 heteroatoms. The van der Waals surface area contributed by atoms with Crippen molar-refractivity contribution in [3.63, 3.8) is 0 Å². The lowest BCUT2D eigenvalue weighted by Crippen LogP contribution is -2.38. The van der Waals surface area contributed by atoms with E-state index >= 15 is 0 Å². The summed E-state index contributed by atoms with van der Waals surface area (Å²) in [7, 11) is 2.12. The lowest BCUT2D eigenvalue weighted by atomic mass is 10.3. The van der Waals surface area contributed by atoms with E-state index in [1.165, 1.54) is 5.69 Å². The number of nitrogens with one attached hydrogen (secondary N) is 2. The molecular formula is C19H28N4O. The van der Waals surface area contributed by atoms with Crippen LogP contribution in [0.25, 0.3) is 0 Å². The Morgan fingerprint density at radius 2 is 1.96 bits per heavy atom. The molecule has 0 radical (unpaired) electrons. The van der Waals surface area contributed by atoms with E-state index in [-0.39, 0.29) is 0 Å². The van der Waals surface area contributed by atoms with Gasteiger partial charge in [0.25, 0.3) is 0 Å². The number of benzene rings is 1. The summed E-state index contributed by atoms with van der Waals surface area (Å²) >= 11 is 0. The molecule has 24 heavy (non-hydrogen) atoms. The van der Waals surface area contributed by atoms with Crippen molar-refractivity contribution < 1.29 is 4.42 Å². The van der Waals surface area contributed by atoms with Crippen molar-refractivity contribution in [2.45, 2.75) is 19.8 Å². The van der Waals surface area contributed by atoms with Gasteiger partial charge in [-0.25, -0.2) is 0 Å². The number of guanidine groups is 1. The van der Waals surface area contributed by atoms with E-state index in [0.717, 1.165) is 50.7 Å². The molecule has 0 aliphatic carbocycles. The second-order valence-corrected chi connectivity index (χ2v) is 5.63. The molecule has 0 unspecified atom stereocenters. The predicted octanol–water partition coefficient (Wildman–Crippen LogP) is 2.90. The fourth-order valence-electron chi connectivity index (χ4n) is 2.41. The molecular weight excluding hydrogens is 300 g/mol. The number of rotatable bonds is 9. The fraction of sp³-hybridized carbons (Fsp3) is 0.421. The summed E-state index contributed by atoms with van der Waals surface area (Å²) < 4.78 is 5.34. The van der Waals surface area contributed by atoms with Crippen LogP contribution in [0.3, 0.4) is 0 Å². The van der Waals surface area contributed by atoms with Crippen molar-refractivity contribution in [3.05, 3.63) is 54.5 Å². The Morgan fingerprint density at radius 1 is 1.12 bits per heavy atom. The van der Waals surface area contributed by atoms with Gasteiger partial charge in [-0.05, 0) is 37.6 Å². The van der Waals surface area contributed by atoms with E-state index in [1.54, 1.807) is 6.26 Å². The average molecular weight is 328 g/mol. The van der Waals surface area contributed by atoms with Crippen molar-refractivity contribution in [1.82, 2.24) is 10.6 Å². The summed E-state index contributed by atoms with van der Waals surface area (Å²) in [5.41, 5.74) is 1.24. The van der Waals surface area contributed by atoms with Crippen LogP contribution < -0.4 is 15.5 Å². The number of anilines is 1. The summed E-state index contributed by atoms with van der Waals surface area (Å²) in [6.45, 7) is 5.53. The van der Waals surface area contributed by atoms with Crippen LogP contribution in [0.1, 0.15) is 19.1 Å². The predicted molar refractivity (Wildman–Crippen MR) is 101 cm³/mol. The molecule has 1 aromatic carbocycles. The minimum Gasteiger partial charge on any atom is -0.469 e. The van der Waals surface area contributed by atoms with E-state index in [4.69, 9.17) is 4.42 Å². The SMILES string of the molecule is CCNC(=NCCCN(C)c1ccccc1)NCCc1ccco1. The average Bonchev–Trinajstić information content (AvgIpc) is 3.12. The minimum absolute atomic E-state index is 0.799. The third-order valence-corrected chi connectivity index (χ3v) is 3.71. The van der Waals surface area contributed by atoms with Crippen LogP contribution in [0.15, 0.2) is 58.1 Å². The smallest absolute Gasteiger partial charge is 0.191 e. The highest BCUT2D eigenvalue weighted by atomic mass is 16.3. The maximum absolute atomic E-state index is 5.34. The molecule has 0 bridgehead atoms. The van der Waals surface area contributed by atoms with Crippen molar-refractivity contribution in [2.24, 2.45) is 4.99 Å². The zero-order valence-corrected chi connectivity index (χ0v) is 14.7. The molecule has 2 rings (SSSR count). The van der Waals surface area contributed by atoms with Gasteiger partial charge in [0.05, 0.1) is 6.26 Å². The summed E-state index contributed by atoms with van der Waals surface area (Å²) in [5, 5.41) is 6.62. The second kappa shape index (κ2) is 10.4. The van der Waals surface area contributed by atoms with Gasteiger partial charge in [-0.3, -0.25) is 4.99 Å². The Kier molecular flexibility index (Phi) is 7.74. The first-order valence-corrected chi connectivity index (χ1v) is 8.60. The lowest BCUT2D eigenvalue weighted by Gasteiger charge is -2.18. The van der Waals surface area contributed by atoms with Crippen LogP contribution in [0, 0.1) is 0 Å². The quantitative estimate of drug-likeness (QED) is 0.422. The van der Waals surface area contributed by atoms with Gasteiger partial charge in [-0.1, -0.05) is 18.2 Å². The van der Waals surface area contributed by atoms with E-state index in [1.807, 2.05) is 18.2 Å². The number of hydrogen-bond acceptors (Lipinski definition) is 3. The van der Waals surface area contributed by atoms with Crippen molar-refractivity contribution in [3.8, 4) is 0 Å². The molecule has 0 aliphatic heterocycles. The topological polar surface area (TPSA) is 52.8 Å². The first-order chi connectivity index (χ1) is 11.8. The van der Waals surface area contributed by atoms with Crippen LogP contribution in [-0.2, 0) is 6.42 Å². The van der Waals surface area contributed by atoms with Gasteiger partial charge >= 0.3 is 0 Å². The Balaban J connectivity index is 1.70. The number of furan rings is 1. The fourth-order valence-corrected chi connectivity index (χ4v) is 2.41. The molecule has 2 aromatic rings. The number of hydrogen-bond donors (Lipinski definition) is 2. The summed E-state index contributed by atoms with van der Waals surface area (Å²) in [6.07, 6.45) is 3.58. The van der Waals surface area contributed by atoms with Crippen molar-refractivity contribution in [2.75, 3.05) is 38.1 Å². The highest BCUT2D eigenvalue weighted by Crippen LogP contribution is 2.10. The normalized spacial score (nSPS) is 11.3. The van der Waals surface area contributed by atoms with Gasteiger partial charge < -0.3 is 20.0 Å². The molecule has 1 aromatic heterocycles. The van der Waals surface area contributed by atoms with Crippen molar-refractivity contribution in [1.29, 1.82) is 0 Å². The molecule has 1 heterocycles. The van der Waals surface area contributed by atoms with Gasteiger partial charge in [-0.15, -0.1) is 0 Å². The molecule has 5 nitrogen and oxygen atoms in total. The maximum Gasteiger partial charge on any atom is 0.191 e. The van der Waals surface area contributed by atoms with Gasteiger partial charge in [0.2, 0.25) is 0 Å². The standard InChI is InChI=1S/C19H28N4O/c1-3-20-19(22-14-12-18-11-7-16-24-18)21-13-8-15-23(2)17-9-5-4-6-10-17/h4-7,9-11,16H,3,8,12-15H2,1-2H3,(H2,20,21,22). The summed E-state index contributed by atoms with van der Waals surface area (Å²) in [5.74, 6) is 1.86. The monoisotopic (exact) mass is 328 g/mol. The van der Waals surface area contributed by atoms with E-state index in [0.29, 0.717) is 0 Å². The van der Waals surface area contributed by atoms with Crippen LogP contribution in [0.2, 0.25) is 0 Å². The molecule has 0 spiro atoms. The first-order valence-electron chi connectivity index (χ1n) is 8.60. The second-order valence-electron chi connectivity index (χ2n) is 5.63. The minimum atomic E-state index is 0.799. The maximum atomic E-state index is 5.34. The third kappa shape index (κ3) is 6.36. The molecule has 0 atom stereocenters. The summed E-state index contributed by atoms with van der Waals surface area (Å²) in [4.78, 5) is 6.89. The van der Waals surface area contributed by atoms with Gasteiger partial charge in [0.1, 0.15) is 5.76 Å². The molecule has 0 saturated heterocycles. The Bertz CT molecular complexity index is 581. The molecule has 0 aliphatic rings. The molecule has 0 amide bonds. The Hall–Kier alpha value is -2.43. The van der Waals surface area contributed by atoms with Crippen LogP contribution in [0.5, 0.6) is 0 Å². The molecule has 130 valence electrons. The van der Waals surface area contributed by atoms with Crippen LogP contribution >= 0.6 is 0 Å². The first kappa shape index (κ1) is 17.9. The largest absolute Gasteiger partial charge is 0.469 e. The van der Waals surface area contributed by atoms with E-state index < -0.39 is 0 Å². The van der Waals surface area contributed by atoms with Gasteiger partial charge in [-0.2, -0.15) is 0 Å². The Labute approximate surface area is 144 Å². The highest BCUT2D eigenvalue weighted by molar-refractivity contribution is 5.79. The highest BCUT2D eigenvalue weighted by Gasteiger charge is 2.01. The van der Waals surface area contributed by atoms with Crippen LogP contribution in [0.4, 0.5) is 5.69 Å². The molecule has 2 N–H and O–H groups in total. The zero-order valence-electron chi connectivity index (χ0n) is 14.7. The van der Waals surface area contributed by atoms with Crippen LogP contribution in [-0.4, -0.2) is 39.2 Å².